The zero-order valence-corrected chi connectivity index (χ0v) is 17.1. The van der Waals surface area contributed by atoms with E-state index < -0.39 is 41.9 Å². The second-order valence-corrected chi connectivity index (χ2v) is 8.25. The van der Waals surface area contributed by atoms with Gasteiger partial charge in [-0.05, 0) is 32.9 Å². The number of alkyl carbamates (subject to hydrolysis) is 1. The number of cyclic esters (lactones) is 1. The van der Waals surface area contributed by atoms with E-state index in [0.717, 1.165) is 4.90 Å². The van der Waals surface area contributed by atoms with E-state index in [0.29, 0.717) is 0 Å². The van der Waals surface area contributed by atoms with Crippen LogP contribution in [0.4, 0.5) is 18.4 Å². The quantitative estimate of drug-likeness (QED) is 0.745. The van der Waals surface area contributed by atoms with Gasteiger partial charge < -0.3 is 19.7 Å². The second kappa shape index (κ2) is 8.45. The van der Waals surface area contributed by atoms with Crippen LogP contribution in [0.1, 0.15) is 27.2 Å². The fourth-order valence-corrected chi connectivity index (χ4v) is 3.32. The highest BCUT2D eigenvalue weighted by Gasteiger charge is 2.40. The van der Waals surface area contributed by atoms with Crippen LogP contribution in [0, 0.1) is 0 Å². The Labute approximate surface area is 173 Å². The van der Waals surface area contributed by atoms with E-state index in [1.54, 1.807) is 25.7 Å². The molecule has 2 heterocycles. The Bertz CT molecular complexity index is 818. The van der Waals surface area contributed by atoms with Crippen molar-refractivity contribution in [2.45, 2.75) is 51.1 Å². The van der Waals surface area contributed by atoms with Gasteiger partial charge >= 0.3 is 12.2 Å². The molecule has 30 heavy (non-hydrogen) atoms. The van der Waals surface area contributed by atoms with Crippen LogP contribution in [0.15, 0.2) is 36.0 Å². The molecule has 10 heteroatoms. The van der Waals surface area contributed by atoms with Crippen LogP contribution in [-0.2, 0) is 14.3 Å². The van der Waals surface area contributed by atoms with Gasteiger partial charge in [0, 0.05) is 19.2 Å². The summed E-state index contributed by atoms with van der Waals surface area (Å²) in [5, 5.41) is 2.49. The van der Waals surface area contributed by atoms with Crippen LogP contribution < -0.4 is 5.32 Å². The van der Waals surface area contributed by atoms with Crippen molar-refractivity contribution in [1.29, 1.82) is 0 Å². The number of carbonyl (C=O) groups excluding carboxylic acids is 3. The first-order valence-electron chi connectivity index (χ1n) is 9.69. The molecule has 3 rings (SSSR count). The fraction of sp³-hybridized carbons (Fsp3) is 0.550. The third kappa shape index (κ3) is 4.98. The molecule has 1 N–H and O–H groups in total. The summed E-state index contributed by atoms with van der Waals surface area (Å²) in [7, 11) is 0. The number of halogens is 2. The van der Waals surface area contributed by atoms with Gasteiger partial charge in [-0.2, -0.15) is 0 Å². The molecule has 0 saturated carbocycles. The lowest BCUT2D eigenvalue weighted by atomic mass is 10.00. The van der Waals surface area contributed by atoms with Gasteiger partial charge in [-0.1, -0.05) is 6.08 Å². The zero-order chi connectivity index (χ0) is 22.1. The monoisotopic (exact) mass is 425 g/mol. The molecule has 3 atom stereocenters. The molecule has 3 aliphatic rings. The van der Waals surface area contributed by atoms with Crippen molar-refractivity contribution in [3.8, 4) is 0 Å². The normalized spacial score (nSPS) is 26.9. The maximum absolute atomic E-state index is 14.8. The van der Waals surface area contributed by atoms with Gasteiger partial charge in [0.1, 0.15) is 11.7 Å². The van der Waals surface area contributed by atoms with Crippen molar-refractivity contribution in [2.75, 3.05) is 19.6 Å². The van der Waals surface area contributed by atoms with Crippen LogP contribution in [0.3, 0.4) is 0 Å². The van der Waals surface area contributed by atoms with Gasteiger partial charge in [0.2, 0.25) is 0 Å². The number of ketones is 1. The van der Waals surface area contributed by atoms with Gasteiger partial charge in [-0.3, -0.25) is 9.69 Å². The largest absolute Gasteiger partial charge is 0.444 e. The fourth-order valence-electron chi connectivity index (χ4n) is 3.32. The predicted molar refractivity (Wildman–Crippen MR) is 103 cm³/mol. The molecule has 2 amide bonds. The van der Waals surface area contributed by atoms with E-state index in [9.17, 15) is 23.2 Å². The molecule has 8 nitrogen and oxygen atoms in total. The Morgan fingerprint density at radius 2 is 2.07 bits per heavy atom. The van der Waals surface area contributed by atoms with Gasteiger partial charge in [0.05, 0.1) is 24.8 Å². The summed E-state index contributed by atoms with van der Waals surface area (Å²) in [6.07, 6.45) is 1.61. The third-order valence-corrected chi connectivity index (χ3v) is 4.73. The Kier molecular flexibility index (Phi) is 6.14. The molecule has 1 saturated heterocycles. The SMILES string of the molecule is CC(C)(C)OC(=O)NC[C@H]1CN(C2=C(F)C(F)C(N3C=CC(=O)CC3)C=C2)C(=O)O1. The summed E-state index contributed by atoms with van der Waals surface area (Å²) in [4.78, 5) is 37.8. The highest BCUT2D eigenvalue weighted by Crippen LogP contribution is 2.32. The number of rotatable bonds is 4. The number of nitrogens with zero attached hydrogens (tertiary/aromatic N) is 2. The number of alkyl halides is 1. The standard InChI is InChI=1S/C20H25F2N3O5/c1-20(2,3)30-18(27)23-10-13-11-25(19(28)29-13)15-5-4-14(16(21)17(15)22)24-8-6-12(26)7-9-24/h4-6,8,13-14,16H,7,9-11H2,1-3H3,(H,23,27)/t13-,14?,16?/m0/s1. The van der Waals surface area contributed by atoms with Crippen molar-refractivity contribution in [3.05, 3.63) is 36.0 Å². The average Bonchev–Trinajstić information content (AvgIpc) is 3.02. The Hall–Kier alpha value is -2.91. The van der Waals surface area contributed by atoms with Crippen LogP contribution in [0.5, 0.6) is 0 Å². The van der Waals surface area contributed by atoms with E-state index >= 15 is 0 Å². The van der Waals surface area contributed by atoms with Crippen molar-refractivity contribution < 1.29 is 32.6 Å². The molecule has 0 aromatic carbocycles. The summed E-state index contributed by atoms with van der Waals surface area (Å²) < 4.78 is 39.8. The van der Waals surface area contributed by atoms with Crippen LogP contribution in [0.25, 0.3) is 0 Å². The molecule has 0 spiro atoms. The molecule has 2 aliphatic heterocycles. The van der Waals surface area contributed by atoms with Crippen LogP contribution in [0.2, 0.25) is 0 Å². The lowest BCUT2D eigenvalue weighted by molar-refractivity contribution is -0.115. The minimum absolute atomic E-state index is 0.0238. The average molecular weight is 425 g/mol. The number of hydrogen-bond acceptors (Lipinski definition) is 6. The number of amides is 2. The molecule has 1 aliphatic carbocycles. The lowest BCUT2D eigenvalue weighted by Gasteiger charge is -2.34. The van der Waals surface area contributed by atoms with Crippen LogP contribution in [-0.4, -0.2) is 71.3 Å². The van der Waals surface area contributed by atoms with E-state index in [1.807, 2.05) is 0 Å². The Morgan fingerprint density at radius 3 is 2.70 bits per heavy atom. The summed E-state index contributed by atoms with van der Waals surface area (Å²) >= 11 is 0. The Morgan fingerprint density at radius 1 is 1.33 bits per heavy atom. The van der Waals surface area contributed by atoms with Crippen molar-refractivity contribution in [2.24, 2.45) is 0 Å². The highest BCUT2D eigenvalue weighted by molar-refractivity contribution is 5.90. The van der Waals surface area contributed by atoms with Crippen molar-refractivity contribution >= 4 is 18.0 Å². The van der Waals surface area contributed by atoms with Crippen molar-refractivity contribution in [3.63, 3.8) is 0 Å². The molecule has 0 aromatic rings. The maximum atomic E-state index is 14.8. The summed E-state index contributed by atoms with van der Waals surface area (Å²) in [6, 6.07) is -0.902. The smallest absolute Gasteiger partial charge is 0.414 e. The molecule has 0 radical (unpaired) electrons. The number of nitrogens with one attached hydrogen (secondary N) is 1. The Balaban J connectivity index is 1.61. The topological polar surface area (TPSA) is 88.2 Å². The number of hydrogen-bond donors (Lipinski definition) is 1. The van der Waals surface area contributed by atoms with Gasteiger partial charge in [0.15, 0.2) is 17.8 Å². The minimum Gasteiger partial charge on any atom is -0.444 e. The first kappa shape index (κ1) is 21.8. The summed E-state index contributed by atoms with van der Waals surface area (Å²) in [5.74, 6) is -1.14. The lowest BCUT2D eigenvalue weighted by Crippen LogP contribution is -2.43. The summed E-state index contributed by atoms with van der Waals surface area (Å²) in [6.45, 7) is 5.37. The number of carbonyl (C=O) groups is 3. The first-order chi connectivity index (χ1) is 14.0. The predicted octanol–water partition coefficient (Wildman–Crippen LogP) is 2.58. The summed E-state index contributed by atoms with van der Waals surface area (Å²) in [5.41, 5.74) is -0.882. The van der Waals surface area contributed by atoms with Gasteiger partial charge in [-0.25, -0.2) is 18.4 Å². The van der Waals surface area contributed by atoms with Gasteiger partial charge in [-0.15, -0.1) is 0 Å². The number of ether oxygens (including phenoxy) is 2. The van der Waals surface area contributed by atoms with Gasteiger partial charge in [0.25, 0.3) is 0 Å². The molecule has 0 aromatic heterocycles. The van der Waals surface area contributed by atoms with E-state index in [-0.39, 0.29) is 37.5 Å². The molecular weight excluding hydrogens is 400 g/mol. The maximum Gasteiger partial charge on any atom is 0.414 e. The molecule has 164 valence electrons. The zero-order valence-electron chi connectivity index (χ0n) is 17.1. The molecule has 2 unspecified atom stereocenters. The number of allylic oxidation sites excluding steroid dienone is 2. The van der Waals surface area contributed by atoms with E-state index in [4.69, 9.17) is 9.47 Å². The van der Waals surface area contributed by atoms with E-state index in [2.05, 4.69) is 5.32 Å². The first-order valence-corrected chi connectivity index (χ1v) is 9.69. The highest BCUT2D eigenvalue weighted by atomic mass is 19.2. The second-order valence-electron chi connectivity index (χ2n) is 8.25. The van der Waals surface area contributed by atoms with E-state index in [1.165, 1.54) is 24.4 Å². The third-order valence-electron chi connectivity index (χ3n) is 4.73. The van der Waals surface area contributed by atoms with Crippen molar-refractivity contribution in [1.82, 2.24) is 15.1 Å². The minimum atomic E-state index is -1.99. The molecule has 1 fully saturated rings. The van der Waals surface area contributed by atoms with Crippen LogP contribution >= 0.6 is 0 Å². The molecular formula is C20H25F2N3O5. The molecule has 0 bridgehead atoms.